The van der Waals surface area contributed by atoms with Gasteiger partial charge in [-0.1, -0.05) is 13.8 Å². The van der Waals surface area contributed by atoms with E-state index >= 15 is 0 Å². The predicted molar refractivity (Wildman–Crippen MR) is 89.9 cm³/mol. The van der Waals surface area contributed by atoms with Crippen LogP contribution >= 0.6 is 0 Å². The van der Waals surface area contributed by atoms with Crippen molar-refractivity contribution >= 4 is 5.78 Å². The van der Waals surface area contributed by atoms with Crippen molar-refractivity contribution in [1.29, 1.82) is 5.26 Å². The number of aromatic nitrogens is 1. The molecule has 25 heavy (non-hydrogen) atoms. The van der Waals surface area contributed by atoms with Crippen LogP contribution in [-0.4, -0.2) is 30.5 Å². The van der Waals surface area contributed by atoms with Crippen molar-refractivity contribution in [2.75, 3.05) is 19.8 Å². The van der Waals surface area contributed by atoms with Crippen LogP contribution in [0.4, 0.5) is 0 Å². The molecular formula is C18H22N4O3. The Morgan fingerprint density at radius 2 is 2.32 bits per heavy atom. The Morgan fingerprint density at radius 1 is 1.52 bits per heavy atom. The number of nitriles is 1. The summed E-state index contributed by atoms with van der Waals surface area (Å²) in [6, 6.07) is 2.21. The third-order valence-electron chi connectivity index (χ3n) is 4.45. The molecule has 0 amide bonds. The van der Waals surface area contributed by atoms with Crippen molar-refractivity contribution < 1.29 is 13.9 Å². The number of nitrogens with zero attached hydrogens (tertiary/aromatic N) is 2. The van der Waals surface area contributed by atoms with E-state index in [-0.39, 0.29) is 17.8 Å². The van der Waals surface area contributed by atoms with E-state index in [0.29, 0.717) is 48.7 Å². The summed E-state index contributed by atoms with van der Waals surface area (Å²) in [5.74, 6) is -0.206. The molecule has 0 spiro atoms. The summed E-state index contributed by atoms with van der Waals surface area (Å²) in [5.41, 5.74) is 7.79. The van der Waals surface area contributed by atoms with Crippen LogP contribution in [-0.2, 0) is 9.53 Å². The van der Waals surface area contributed by atoms with Crippen LogP contribution in [0.3, 0.4) is 0 Å². The zero-order chi connectivity index (χ0) is 18.0. The van der Waals surface area contributed by atoms with E-state index in [4.69, 9.17) is 14.9 Å². The van der Waals surface area contributed by atoms with Gasteiger partial charge in [0, 0.05) is 24.2 Å². The minimum absolute atomic E-state index is 0.0247. The molecule has 1 aromatic rings. The molecule has 0 saturated heterocycles. The van der Waals surface area contributed by atoms with Crippen molar-refractivity contribution in [3.63, 3.8) is 0 Å². The van der Waals surface area contributed by atoms with E-state index in [2.05, 4.69) is 30.2 Å². The van der Waals surface area contributed by atoms with Gasteiger partial charge in [0.25, 0.3) is 0 Å². The Kier molecular flexibility index (Phi) is 4.75. The van der Waals surface area contributed by atoms with Crippen LogP contribution in [0.2, 0.25) is 0 Å². The van der Waals surface area contributed by atoms with E-state index in [0.717, 1.165) is 5.70 Å². The third-order valence-corrected chi connectivity index (χ3v) is 4.45. The Bertz CT molecular complexity index is 769. The van der Waals surface area contributed by atoms with Crippen LogP contribution < -0.4 is 11.1 Å². The van der Waals surface area contributed by atoms with Gasteiger partial charge in [0.1, 0.15) is 12.2 Å². The number of hydrogen-bond donors (Lipinski definition) is 2. The highest BCUT2D eigenvalue weighted by molar-refractivity contribution is 6.00. The van der Waals surface area contributed by atoms with Crippen LogP contribution in [0.25, 0.3) is 0 Å². The van der Waals surface area contributed by atoms with Gasteiger partial charge in [-0.05, 0) is 11.8 Å². The smallest absolute Gasteiger partial charge is 0.206 e. The lowest BCUT2D eigenvalue weighted by atomic mass is 9.70. The molecule has 0 saturated carbocycles. The number of dihydropyridines is 1. The molecule has 2 aliphatic rings. The molecule has 0 aromatic carbocycles. The fraction of sp³-hybridized carbons (Fsp3) is 0.500. The second-order valence-electron chi connectivity index (χ2n) is 7.11. The molecule has 0 fully saturated rings. The molecule has 2 heterocycles. The van der Waals surface area contributed by atoms with Crippen LogP contribution in [0.5, 0.6) is 0 Å². The number of allylic oxidation sites excluding steroid dienone is 3. The van der Waals surface area contributed by atoms with Crippen molar-refractivity contribution in [3.05, 3.63) is 40.9 Å². The first-order valence-electron chi connectivity index (χ1n) is 8.30. The highest BCUT2D eigenvalue weighted by Crippen LogP contribution is 2.45. The molecule has 1 aliphatic carbocycles. The van der Waals surface area contributed by atoms with Crippen molar-refractivity contribution in [3.8, 4) is 6.07 Å². The standard InChI is InChI=1S/C18H22N4O3/c1-18(2)7-12-16(14(23)8-18)15(17-21-4-6-25-17)11(9-20)13(22-12)10-24-5-3-19/h4,6,15,22H,3,5,7-8,10,19H2,1-2H3. The molecule has 1 aliphatic heterocycles. The summed E-state index contributed by atoms with van der Waals surface area (Å²) >= 11 is 0. The first-order chi connectivity index (χ1) is 12.0. The van der Waals surface area contributed by atoms with Gasteiger partial charge >= 0.3 is 0 Å². The van der Waals surface area contributed by atoms with Crippen molar-refractivity contribution in [2.24, 2.45) is 11.1 Å². The number of rotatable bonds is 5. The van der Waals surface area contributed by atoms with Crippen LogP contribution in [0.1, 0.15) is 38.5 Å². The maximum absolute atomic E-state index is 12.8. The van der Waals surface area contributed by atoms with E-state index in [9.17, 15) is 10.1 Å². The quantitative estimate of drug-likeness (QED) is 0.784. The second kappa shape index (κ2) is 6.82. The minimum Gasteiger partial charge on any atom is -0.448 e. The molecule has 7 nitrogen and oxygen atoms in total. The molecular weight excluding hydrogens is 320 g/mol. The Morgan fingerprint density at radius 3 is 2.96 bits per heavy atom. The fourth-order valence-corrected chi connectivity index (χ4v) is 3.48. The molecule has 7 heteroatoms. The Hall–Kier alpha value is -2.43. The van der Waals surface area contributed by atoms with Gasteiger partial charge < -0.3 is 20.2 Å². The van der Waals surface area contributed by atoms with Gasteiger partial charge in [-0.3, -0.25) is 4.79 Å². The van der Waals surface area contributed by atoms with Crippen molar-refractivity contribution in [2.45, 2.75) is 32.6 Å². The lowest BCUT2D eigenvalue weighted by Gasteiger charge is -2.38. The maximum atomic E-state index is 12.8. The molecule has 3 rings (SSSR count). The lowest BCUT2D eigenvalue weighted by Crippen LogP contribution is -2.38. The summed E-state index contributed by atoms with van der Waals surface area (Å²) in [5, 5.41) is 13.0. The van der Waals surface area contributed by atoms with Crippen LogP contribution in [0, 0.1) is 16.7 Å². The zero-order valence-corrected chi connectivity index (χ0v) is 14.5. The topological polar surface area (TPSA) is 114 Å². The van der Waals surface area contributed by atoms with Gasteiger partial charge in [-0.25, -0.2) is 4.98 Å². The molecule has 0 radical (unpaired) electrons. The summed E-state index contributed by atoms with van der Waals surface area (Å²) in [6.07, 6.45) is 4.12. The normalized spacial score (nSPS) is 22.5. The van der Waals surface area contributed by atoms with Crippen LogP contribution in [0.15, 0.2) is 39.4 Å². The molecule has 0 bridgehead atoms. The SMILES string of the molecule is CC1(C)CC(=O)C2=C(C1)NC(COCCN)=C(C#N)C2c1ncco1. The number of oxazole rings is 1. The van der Waals surface area contributed by atoms with Gasteiger partial charge in [-0.15, -0.1) is 0 Å². The minimum atomic E-state index is -0.587. The highest BCUT2D eigenvalue weighted by atomic mass is 16.5. The summed E-state index contributed by atoms with van der Waals surface area (Å²) in [6.45, 7) is 5.14. The fourth-order valence-electron chi connectivity index (χ4n) is 3.48. The van der Waals surface area contributed by atoms with Gasteiger partial charge in [0.15, 0.2) is 5.78 Å². The number of nitrogens with one attached hydrogen (secondary N) is 1. The first kappa shape index (κ1) is 17.4. The number of carbonyl (C=O) groups excluding carboxylic acids is 1. The maximum Gasteiger partial charge on any atom is 0.206 e. The molecule has 1 unspecified atom stereocenters. The van der Waals surface area contributed by atoms with Gasteiger partial charge in [0.2, 0.25) is 5.89 Å². The average molecular weight is 342 g/mol. The molecule has 1 aromatic heterocycles. The molecule has 132 valence electrons. The Labute approximate surface area is 146 Å². The summed E-state index contributed by atoms with van der Waals surface area (Å²) < 4.78 is 11.0. The monoisotopic (exact) mass is 342 g/mol. The van der Waals surface area contributed by atoms with E-state index < -0.39 is 5.92 Å². The second-order valence-corrected chi connectivity index (χ2v) is 7.11. The average Bonchev–Trinajstić information content (AvgIpc) is 3.06. The highest BCUT2D eigenvalue weighted by Gasteiger charge is 2.43. The number of nitrogens with two attached hydrogens (primary N) is 1. The van der Waals surface area contributed by atoms with E-state index in [1.54, 1.807) is 0 Å². The third kappa shape index (κ3) is 3.36. The lowest BCUT2D eigenvalue weighted by molar-refractivity contribution is -0.118. The number of Topliss-reactive ketones (excluding diaryl/α,β-unsaturated/α-hetero) is 1. The predicted octanol–water partition coefficient (Wildman–Crippen LogP) is 1.76. The Balaban J connectivity index is 2.06. The number of hydrogen-bond acceptors (Lipinski definition) is 7. The van der Waals surface area contributed by atoms with E-state index in [1.807, 2.05) is 0 Å². The molecule has 3 N–H and O–H groups in total. The van der Waals surface area contributed by atoms with Gasteiger partial charge in [0.05, 0.1) is 36.7 Å². The van der Waals surface area contributed by atoms with E-state index in [1.165, 1.54) is 12.5 Å². The number of ether oxygens (including phenoxy) is 1. The summed E-state index contributed by atoms with van der Waals surface area (Å²) in [7, 11) is 0. The van der Waals surface area contributed by atoms with Gasteiger partial charge in [-0.2, -0.15) is 5.26 Å². The number of ketones is 1. The first-order valence-corrected chi connectivity index (χ1v) is 8.30. The van der Waals surface area contributed by atoms with Crippen molar-refractivity contribution in [1.82, 2.24) is 10.3 Å². The molecule has 1 atom stereocenters. The largest absolute Gasteiger partial charge is 0.448 e. The summed E-state index contributed by atoms with van der Waals surface area (Å²) in [4.78, 5) is 17.0. The zero-order valence-electron chi connectivity index (χ0n) is 14.5. The number of carbonyl (C=O) groups is 1.